The number of fused-ring (bicyclic) bond motifs is 3. The molecule has 0 fully saturated rings. The number of hydrogen-bond donors (Lipinski definition) is 0. The van der Waals surface area contributed by atoms with Gasteiger partial charge in [-0.3, -0.25) is 0 Å². The summed E-state index contributed by atoms with van der Waals surface area (Å²) in [5, 5.41) is 7.45. The van der Waals surface area contributed by atoms with Crippen molar-refractivity contribution >= 4 is 32.2 Å². The van der Waals surface area contributed by atoms with Crippen LogP contribution >= 0.6 is 15.9 Å². The highest BCUT2D eigenvalue weighted by atomic mass is 79.9. The van der Waals surface area contributed by atoms with Crippen LogP contribution in [-0.2, 0) is 6.54 Å². The Morgan fingerprint density at radius 3 is 2.24 bits per heavy atom. The maximum atomic E-state index is 4.88. The standard InChI is InChI=1S/C25H22BrN3/c1-16-24-17(2)28(14-19-7-5-4-6-8-19)18(3)25(24)23-13-21(15-29(23)27-16)20-9-11-22(26)12-10-20/h4-13,15H,14H2,1-3H3. The zero-order valence-electron chi connectivity index (χ0n) is 16.8. The van der Waals surface area contributed by atoms with Gasteiger partial charge >= 0.3 is 0 Å². The summed E-state index contributed by atoms with van der Waals surface area (Å²) in [6.07, 6.45) is 2.13. The molecule has 2 aromatic carbocycles. The van der Waals surface area contributed by atoms with Crippen molar-refractivity contribution in [2.75, 3.05) is 0 Å². The highest BCUT2D eigenvalue weighted by Gasteiger charge is 2.18. The Balaban J connectivity index is 1.73. The monoisotopic (exact) mass is 443 g/mol. The summed E-state index contributed by atoms with van der Waals surface area (Å²) in [5.41, 5.74) is 8.49. The van der Waals surface area contributed by atoms with Crippen LogP contribution in [0.25, 0.3) is 27.4 Å². The van der Waals surface area contributed by atoms with Crippen LogP contribution in [0.1, 0.15) is 22.6 Å². The van der Waals surface area contributed by atoms with Crippen LogP contribution in [-0.4, -0.2) is 14.2 Å². The van der Waals surface area contributed by atoms with E-state index in [4.69, 9.17) is 5.10 Å². The van der Waals surface area contributed by atoms with Gasteiger partial charge in [-0.1, -0.05) is 58.4 Å². The van der Waals surface area contributed by atoms with E-state index >= 15 is 0 Å². The van der Waals surface area contributed by atoms with Gasteiger partial charge in [-0.25, -0.2) is 4.52 Å². The van der Waals surface area contributed by atoms with Crippen LogP contribution in [0.3, 0.4) is 0 Å². The summed E-state index contributed by atoms with van der Waals surface area (Å²) in [5.74, 6) is 0. The number of halogens is 1. The van der Waals surface area contributed by atoms with Gasteiger partial charge in [-0.15, -0.1) is 0 Å². The third-order valence-corrected chi connectivity index (χ3v) is 6.35. The molecule has 0 saturated carbocycles. The van der Waals surface area contributed by atoms with E-state index in [1.54, 1.807) is 0 Å². The smallest absolute Gasteiger partial charge is 0.0749 e. The first-order valence-corrected chi connectivity index (χ1v) is 10.6. The zero-order valence-corrected chi connectivity index (χ0v) is 18.4. The fourth-order valence-corrected chi connectivity index (χ4v) is 4.64. The molecule has 0 aliphatic heterocycles. The minimum Gasteiger partial charge on any atom is -0.343 e. The van der Waals surface area contributed by atoms with Crippen molar-refractivity contribution in [3.63, 3.8) is 0 Å². The average Bonchev–Trinajstić information content (AvgIpc) is 3.24. The van der Waals surface area contributed by atoms with Crippen LogP contribution in [0, 0.1) is 20.8 Å². The quantitative estimate of drug-likeness (QED) is 0.304. The van der Waals surface area contributed by atoms with E-state index in [2.05, 4.69) is 108 Å². The fourth-order valence-electron chi connectivity index (χ4n) is 4.38. The molecular weight excluding hydrogens is 422 g/mol. The van der Waals surface area contributed by atoms with Gasteiger partial charge in [0.2, 0.25) is 0 Å². The maximum Gasteiger partial charge on any atom is 0.0749 e. The Bertz CT molecular complexity index is 1340. The summed E-state index contributed by atoms with van der Waals surface area (Å²) in [6, 6.07) is 21.4. The Morgan fingerprint density at radius 2 is 1.52 bits per heavy atom. The molecule has 0 aliphatic rings. The molecule has 0 radical (unpaired) electrons. The first-order valence-electron chi connectivity index (χ1n) is 9.81. The predicted octanol–water partition coefficient (Wildman–Crippen LogP) is 6.69. The second kappa shape index (κ2) is 6.89. The number of aromatic nitrogens is 3. The van der Waals surface area contributed by atoms with Crippen LogP contribution in [0.4, 0.5) is 0 Å². The molecule has 0 amide bonds. The summed E-state index contributed by atoms with van der Waals surface area (Å²) in [7, 11) is 0. The van der Waals surface area contributed by atoms with Gasteiger partial charge in [0.25, 0.3) is 0 Å². The van der Waals surface area contributed by atoms with Crippen LogP contribution in [0.15, 0.2) is 71.3 Å². The minimum absolute atomic E-state index is 0.874. The summed E-state index contributed by atoms with van der Waals surface area (Å²) in [6.45, 7) is 7.42. The first-order chi connectivity index (χ1) is 14.0. The van der Waals surface area contributed by atoms with Crippen LogP contribution in [0.2, 0.25) is 0 Å². The van der Waals surface area contributed by atoms with Crippen molar-refractivity contribution < 1.29 is 0 Å². The van der Waals surface area contributed by atoms with Gasteiger partial charge in [0.15, 0.2) is 0 Å². The maximum absolute atomic E-state index is 4.88. The molecule has 5 aromatic rings. The van der Waals surface area contributed by atoms with E-state index in [0.717, 1.165) is 22.2 Å². The third kappa shape index (κ3) is 2.99. The Morgan fingerprint density at radius 1 is 0.828 bits per heavy atom. The van der Waals surface area contributed by atoms with Crippen molar-refractivity contribution in [2.24, 2.45) is 0 Å². The van der Waals surface area contributed by atoms with Crippen molar-refractivity contribution in [3.8, 4) is 11.1 Å². The molecule has 0 unspecified atom stereocenters. The molecule has 0 atom stereocenters. The topological polar surface area (TPSA) is 22.2 Å². The SMILES string of the molecule is Cc1nn2cc(-c3ccc(Br)cc3)cc2c2c(C)n(Cc3ccccc3)c(C)c12. The van der Waals surface area contributed by atoms with Gasteiger partial charge < -0.3 is 4.57 Å². The lowest BCUT2D eigenvalue weighted by atomic mass is 10.1. The van der Waals surface area contributed by atoms with Gasteiger partial charge in [0.05, 0.1) is 11.2 Å². The Kier molecular flexibility index (Phi) is 4.32. The van der Waals surface area contributed by atoms with E-state index < -0.39 is 0 Å². The van der Waals surface area contributed by atoms with Gasteiger partial charge in [0.1, 0.15) is 0 Å². The molecule has 29 heavy (non-hydrogen) atoms. The zero-order chi connectivity index (χ0) is 20.1. The van der Waals surface area contributed by atoms with Crippen LogP contribution in [0.5, 0.6) is 0 Å². The lowest BCUT2D eigenvalue weighted by molar-refractivity contribution is 0.754. The first kappa shape index (κ1) is 18.2. The molecule has 3 nitrogen and oxygen atoms in total. The van der Waals surface area contributed by atoms with Crippen molar-refractivity contribution in [2.45, 2.75) is 27.3 Å². The van der Waals surface area contributed by atoms with Crippen molar-refractivity contribution in [1.29, 1.82) is 0 Å². The third-order valence-electron chi connectivity index (χ3n) is 5.82. The molecule has 144 valence electrons. The highest BCUT2D eigenvalue weighted by Crippen LogP contribution is 2.34. The lowest BCUT2D eigenvalue weighted by Gasteiger charge is -2.09. The van der Waals surface area contributed by atoms with E-state index in [1.165, 1.54) is 38.9 Å². The number of nitrogens with zero attached hydrogens (tertiary/aromatic N) is 3. The Hall–Kier alpha value is -2.85. The van der Waals surface area contributed by atoms with Gasteiger partial charge in [-0.2, -0.15) is 5.10 Å². The molecule has 0 bridgehead atoms. The number of hydrogen-bond acceptors (Lipinski definition) is 1. The highest BCUT2D eigenvalue weighted by molar-refractivity contribution is 9.10. The molecule has 0 N–H and O–H groups in total. The summed E-state index contributed by atoms with van der Waals surface area (Å²) in [4.78, 5) is 0. The van der Waals surface area contributed by atoms with E-state index in [-0.39, 0.29) is 0 Å². The fraction of sp³-hybridized carbons (Fsp3) is 0.160. The molecule has 3 heterocycles. The second-order valence-electron chi connectivity index (χ2n) is 7.64. The van der Waals surface area contributed by atoms with Gasteiger partial charge in [0, 0.05) is 44.9 Å². The number of benzene rings is 2. The van der Waals surface area contributed by atoms with E-state index in [1.807, 2.05) is 4.52 Å². The van der Waals surface area contributed by atoms with Gasteiger partial charge in [-0.05, 0) is 50.1 Å². The summed E-state index contributed by atoms with van der Waals surface area (Å²) < 4.78 is 5.54. The molecule has 4 heteroatoms. The molecule has 5 rings (SSSR count). The normalized spacial score (nSPS) is 11.6. The van der Waals surface area contributed by atoms with Crippen molar-refractivity contribution in [1.82, 2.24) is 14.2 Å². The molecule has 0 aliphatic carbocycles. The molecule has 0 spiro atoms. The molecule has 3 aromatic heterocycles. The number of aryl methyl sites for hydroxylation is 3. The average molecular weight is 444 g/mol. The minimum atomic E-state index is 0.874. The second-order valence-corrected chi connectivity index (χ2v) is 8.56. The van der Waals surface area contributed by atoms with E-state index in [0.29, 0.717) is 0 Å². The summed E-state index contributed by atoms with van der Waals surface area (Å²) >= 11 is 3.52. The molecular formula is C25H22BrN3. The molecule has 0 saturated heterocycles. The Labute approximate surface area is 178 Å². The van der Waals surface area contributed by atoms with Crippen LogP contribution < -0.4 is 0 Å². The lowest BCUT2D eigenvalue weighted by Crippen LogP contribution is -2.03. The largest absolute Gasteiger partial charge is 0.343 e. The number of rotatable bonds is 3. The van der Waals surface area contributed by atoms with Crippen molar-refractivity contribution in [3.05, 3.63) is 94.0 Å². The predicted molar refractivity (Wildman–Crippen MR) is 124 cm³/mol. The van der Waals surface area contributed by atoms with E-state index in [9.17, 15) is 0 Å².